The number of benzene rings is 2. The minimum atomic E-state index is -1.00. The molecule has 4 atom stereocenters. The van der Waals surface area contributed by atoms with Crippen molar-refractivity contribution in [2.45, 2.75) is 36.0 Å². The number of carbonyl (C=O) groups is 2. The van der Waals surface area contributed by atoms with E-state index >= 15 is 0 Å². The minimum Gasteiger partial charge on any atom is -0.493 e. The number of ketones is 1. The minimum absolute atomic E-state index is 0.0965. The zero-order valence-corrected chi connectivity index (χ0v) is 17.5. The van der Waals surface area contributed by atoms with Crippen LogP contribution in [0.2, 0.25) is 0 Å². The lowest BCUT2D eigenvalue weighted by Gasteiger charge is -2.61. The van der Waals surface area contributed by atoms with Crippen molar-refractivity contribution >= 4 is 11.8 Å². The highest BCUT2D eigenvalue weighted by Crippen LogP contribution is 2.64. The summed E-state index contributed by atoms with van der Waals surface area (Å²) in [5, 5.41) is 0. The average Bonchev–Trinajstić information content (AvgIpc) is 3.15. The second-order valence-corrected chi connectivity index (χ2v) is 8.84. The number of likely N-dealkylation sites (N-methyl/N-ethyl adjacent to an activating group) is 1. The summed E-state index contributed by atoms with van der Waals surface area (Å²) in [6.07, 6.45) is 3.98. The molecule has 1 saturated heterocycles. The number of piperidine rings is 1. The second-order valence-electron chi connectivity index (χ2n) is 8.84. The van der Waals surface area contributed by atoms with E-state index in [1.807, 2.05) is 30.3 Å². The number of rotatable bonds is 3. The Morgan fingerprint density at radius 1 is 1.19 bits per heavy atom. The number of esters is 1. The van der Waals surface area contributed by atoms with Gasteiger partial charge in [-0.05, 0) is 62.3 Å². The molecule has 2 aliphatic heterocycles. The molecule has 6 heteroatoms. The molecule has 0 radical (unpaired) electrons. The van der Waals surface area contributed by atoms with Crippen molar-refractivity contribution in [3.63, 3.8) is 0 Å². The number of ether oxygens (including phenoxy) is 3. The molecule has 158 valence electrons. The van der Waals surface area contributed by atoms with E-state index in [2.05, 4.69) is 18.0 Å². The van der Waals surface area contributed by atoms with Crippen molar-refractivity contribution in [2.75, 3.05) is 20.7 Å². The lowest BCUT2D eigenvalue weighted by molar-refractivity contribution is -0.154. The molecule has 0 aromatic heterocycles. The number of hydrogen-bond donors (Lipinski definition) is 0. The maximum atomic E-state index is 13.3. The molecule has 6 nitrogen and oxygen atoms in total. The third kappa shape index (κ3) is 2.15. The van der Waals surface area contributed by atoms with Crippen LogP contribution in [0, 0.1) is 0 Å². The van der Waals surface area contributed by atoms with Crippen LogP contribution in [0.1, 0.15) is 27.9 Å². The number of hydrogen-bond acceptors (Lipinski definition) is 6. The fourth-order valence-corrected chi connectivity index (χ4v) is 6.23. The van der Waals surface area contributed by atoms with Crippen molar-refractivity contribution in [3.8, 4) is 11.5 Å². The molecule has 2 aromatic carbocycles. The third-order valence-corrected chi connectivity index (χ3v) is 7.58. The van der Waals surface area contributed by atoms with Crippen molar-refractivity contribution < 1.29 is 23.8 Å². The van der Waals surface area contributed by atoms with E-state index < -0.39 is 23.1 Å². The van der Waals surface area contributed by atoms with Crippen LogP contribution in [0.25, 0.3) is 0 Å². The van der Waals surface area contributed by atoms with Gasteiger partial charge in [-0.3, -0.25) is 9.69 Å². The molecule has 0 saturated carbocycles. The number of carbonyl (C=O) groups excluding carboxylic acids is 2. The predicted octanol–water partition coefficient (Wildman–Crippen LogP) is 2.69. The summed E-state index contributed by atoms with van der Waals surface area (Å²) in [4.78, 5) is 28.6. The highest BCUT2D eigenvalue weighted by atomic mass is 16.6. The summed E-state index contributed by atoms with van der Waals surface area (Å²) in [6, 6.07) is 12.9. The van der Waals surface area contributed by atoms with Gasteiger partial charge >= 0.3 is 5.97 Å². The van der Waals surface area contributed by atoms with E-state index in [0.717, 1.165) is 17.7 Å². The molecule has 0 amide bonds. The van der Waals surface area contributed by atoms with Crippen LogP contribution in [0.5, 0.6) is 11.5 Å². The Balaban J connectivity index is 1.60. The molecular formula is C25H23NO5. The largest absolute Gasteiger partial charge is 0.493 e. The Morgan fingerprint density at radius 3 is 2.77 bits per heavy atom. The SMILES string of the molecule is COc1ccc2c3c1OC1C(=O)C=C[C@@]4(OC(=O)c5ccccc5)[C@@H](C2)N(C)CC[C@]314. The van der Waals surface area contributed by atoms with Gasteiger partial charge in [0.2, 0.25) is 0 Å². The summed E-state index contributed by atoms with van der Waals surface area (Å²) < 4.78 is 18.3. The highest BCUT2D eigenvalue weighted by molar-refractivity contribution is 5.99. The standard InChI is InChI=1S/C25H23NO5/c1-26-13-12-24-20-16-8-9-18(29-2)21(20)30-22(24)17(27)10-11-25(24,19(26)14-16)31-23(28)15-6-4-3-5-7-15/h3-11,19,22H,12-14H2,1-2H3/t19-,22?,24+,25-/m1/s1. The maximum absolute atomic E-state index is 13.3. The zero-order valence-electron chi connectivity index (χ0n) is 17.5. The van der Waals surface area contributed by atoms with E-state index in [4.69, 9.17) is 14.2 Å². The van der Waals surface area contributed by atoms with E-state index in [9.17, 15) is 9.59 Å². The maximum Gasteiger partial charge on any atom is 0.339 e. The van der Waals surface area contributed by atoms with Crippen LogP contribution in [-0.2, 0) is 21.4 Å². The first-order valence-electron chi connectivity index (χ1n) is 10.6. The molecule has 2 aromatic rings. The first-order valence-corrected chi connectivity index (χ1v) is 10.6. The normalized spacial score (nSPS) is 32.3. The Kier molecular flexibility index (Phi) is 3.73. The monoisotopic (exact) mass is 417 g/mol. The summed E-state index contributed by atoms with van der Waals surface area (Å²) >= 11 is 0. The van der Waals surface area contributed by atoms with Gasteiger partial charge in [-0.25, -0.2) is 4.79 Å². The molecule has 2 aliphatic carbocycles. The first-order chi connectivity index (χ1) is 15.0. The molecule has 4 aliphatic rings. The molecule has 6 rings (SSSR count). The lowest BCUT2D eigenvalue weighted by atomic mass is 9.50. The van der Waals surface area contributed by atoms with E-state index in [1.165, 1.54) is 6.08 Å². The smallest absolute Gasteiger partial charge is 0.339 e. The molecule has 2 bridgehead atoms. The van der Waals surface area contributed by atoms with Crippen LogP contribution in [0.4, 0.5) is 0 Å². The van der Waals surface area contributed by atoms with Crippen molar-refractivity contribution in [1.82, 2.24) is 4.90 Å². The Hall–Kier alpha value is -3.12. The van der Waals surface area contributed by atoms with Gasteiger partial charge in [0, 0.05) is 5.56 Å². The number of nitrogens with zero attached hydrogens (tertiary/aromatic N) is 1. The van der Waals surface area contributed by atoms with E-state index in [-0.39, 0.29) is 11.8 Å². The Morgan fingerprint density at radius 2 is 2.00 bits per heavy atom. The summed E-state index contributed by atoms with van der Waals surface area (Å²) in [7, 11) is 3.66. The molecule has 1 fully saturated rings. The quantitative estimate of drug-likeness (QED) is 0.716. The molecule has 1 spiro atoms. The van der Waals surface area contributed by atoms with E-state index in [0.29, 0.717) is 29.9 Å². The van der Waals surface area contributed by atoms with Gasteiger partial charge in [-0.15, -0.1) is 0 Å². The van der Waals surface area contributed by atoms with Crippen molar-refractivity contribution in [2.24, 2.45) is 0 Å². The summed E-state index contributed by atoms with van der Waals surface area (Å²) in [5.74, 6) is 0.736. The fourth-order valence-electron chi connectivity index (χ4n) is 6.23. The Bertz CT molecular complexity index is 1140. The van der Waals surface area contributed by atoms with Gasteiger partial charge in [-0.2, -0.15) is 0 Å². The van der Waals surface area contributed by atoms with E-state index in [1.54, 1.807) is 19.2 Å². The van der Waals surface area contributed by atoms with Crippen molar-refractivity contribution in [1.29, 1.82) is 0 Å². The van der Waals surface area contributed by atoms with Crippen LogP contribution in [0.15, 0.2) is 54.6 Å². The van der Waals surface area contributed by atoms with Crippen molar-refractivity contribution in [3.05, 3.63) is 71.3 Å². The Labute approximate surface area is 180 Å². The van der Waals surface area contributed by atoms with Crippen LogP contribution in [-0.4, -0.2) is 55.1 Å². The molecule has 0 N–H and O–H groups in total. The predicted molar refractivity (Wildman–Crippen MR) is 113 cm³/mol. The van der Waals surface area contributed by atoms with Gasteiger partial charge in [0.1, 0.15) is 0 Å². The van der Waals surface area contributed by atoms with Gasteiger partial charge in [0.15, 0.2) is 29.0 Å². The molecular weight excluding hydrogens is 394 g/mol. The zero-order chi connectivity index (χ0) is 21.4. The van der Waals surface area contributed by atoms with Gasteiger partial charge < -0.3 is 14.2 Å². The van der Waals surface area contributed by atoms with Gasteiger partial charge in [-0.1, -0.05) is 24.3 Å². The highest BCUT2D eigenvalue weighted by Gasteiger charge is 2.74. The third-order valence-electron chi connectivity index (χ3n) is 7.58. The fraction of sp³-hybridized carbons (Fsp3) is 0.360. The lowest BCUT2D eigenvalue weighted by Crippen LogP contribution is -2.75. The van der Waals surface area contributed by atoms with Crippen LogP contribution in [0.3, 0.4) is 0 Å². The number of methoxy groups -OCH3 is 1. The summed E-state index contributed by atoms with van der Waals surface area (Å²) in [6.45, 7) is 0.784. The molecule has 1 unspecified atom stereocenters. The second kappa shape index (κ2) is 6.20. The van der Waals surface area contributed by atoms with Crippen LogP contribution >= 0.6 is 0 Å². The molecule has 2 heterocycles. The number of likely N-dealkylation sites (tertiary alicyclic amines) is 1. The average molecular weight is 417 g/mol. The van der Waals surface area contributed by atoms with Gasteiger partial charge in [0.05, 0.1) is 24.1 Å². The van der Waals surface area contributed by atoms with Crippen LogP contribution < -0.4 is 9.47 Å². The summed E-state index contributed by atoms with van der Waals surface area (Å²) in [5.41, 5.74) is 0.823. The topological polar surface area (TPSA) is 65.1 Å². The van der Waals surface area contributed by atoms with Gasteiger partial charge in [0.25, 0.3) is 0 Å². The first kappa shape index (κ1) is 18.6. The molecule has 31 heavy (non-hydrogen) atoms.